The highest BCUT2D eigenvalue weighted by molar-refractivity contribution is 7.95. The number of ether oxygens (including phenoxy) is 2. The predicted octanol–water partition coefficient (Wildman–Crippen LogP) is 2.63. The van der Waals surface area contributed by atoms with Gasteiger partial charge in [0.15, 0.2) is 13.2 Å². The third kappa shape index (κ3) is 7.21. The first-order valence-corrected chi connectivity index (χ1v) is 15.7. The summed E-state index contributed by atoms with van der Waals surface area (Å²) in [6, 6.07) is 0. The van der Waals surface area contributed by atoms with Crippen molar-refractivity contribution in [2.24, 2.45) is 52.8 Å². The van der Waals surface area contributed by atoms with Gasteiger partial charge < -0.3 is 20.0 Å². The molecule has 8 rings (SSSR count). The van der Waals surface area contributed by atoms with Gasteiger partial charge in [-0.25, -0.2) is 0 Å². The van der Waals surface area contributed by atoms with Gasteiger partial charge in [0.2, 0.25) is 0 Å². The zero-order valence-electron chi connectivity index (χ0n) is 23.1. The van der Waals surface area contributed by atoms with Crippen LogP contribution in [0.15, 0.2) is 0 Å². The summed E-state index contributed by atoms with van der Waals surface area (Å²) in [4.78, 5) is 48.7. The average Bonchev–Trinajstić information content (AvgIpc) is 2.97. The summed E-state index contributed by atoms with van der Waals surface area (Å²) in [5.74, 6) is -1.56. The van der Waals surface area contributed by atoms with Crippen LogP contribution in [0.25, 0.3) is 0 Å². The van der Waals surface area contributed by atoms with Crippen LogP contribution >= 0.6 is 24.1 Å². The number of hydrogen-bond acceptors (Lipinski definition) is 14. The Hall–Kier alpha value is -1.54. The van der Waals surface area contributed by atoms with Gasteiger partial charge in [-0.2, -0.15) is 26.2 Å². The second-order valence-electron chi connectivity index (χ2n) is 12.7. The van der Waals surface area contributed by atoms with Crippen molar-refractivity contribution in [1.82, 2.24) is 0 Å². The van der Waals surface area contributed by atoms with Gasteiger partial charge in [0, 0.05) is 23.7 Å². The molecule has 8 fully saturated rings. The van der Waals surface area contributed by atoms with E-state index in [0.29, 0.717) is 43.9 Å². The van der Waals surface area contributed by atoms with E-state index in [9.17, 15) is 47.3 Å². The molecule has 7 atom stereocenters. The van der Waals surface area contributed by atoms with E-state index in [4.69, 9.17) is 4.74 Å². The predicted molar refractivity (Wildman–Crippen MR) is 133 cm³/mol. The Morgan fingerprint density at radius 1 is 0.750 bits per heavy atom. The zero-order valence-corrected chi connectivity index (χ0v) is 24.8. The lowest BCUT2D eigenvalue weighted by Gasteiger charge is -2.53. The minimum atomic E-state index is -3.59. The summed E-state index contributed by atoms with van der Waals surface area (Å²) in [6.45, 7) is -2.42. The fourth-order valence-corrected chi connectivity index (χ4v) is 9.18. The Morgan fingerprint density at radius 3 is 1.91 bits per heavy atom. The first-order valence-electron chi connectivity index (χ1n) is 14.2. The van der Waals surface area contributed by atoms with Crippen LogP contribution in [0.2, 0.25) is 0 Å². The largest absolute Gasteiger partial charge is 0.691 e. The number of esters is 2. The minimum Gasteiger partial charge on any atom is -0.691 e. The topological polar surface area (TPSA) is 170 Å². The fraction of sp³-hybridized carbons (Fsp3) is 0.846. The van der Waals surface area contributed by atoms with Crippen LogP contribution in [-0.2, 0) is 47.4 Å². The Kier molecular flexibility index (Phi) is 10.2. The Balaban J connectivity index is 0.000000175. The maximum absolute atomic E-state index is 13.3. The van der Waals surface area contributed by atoms with Crippen molar-refractivity contribution in [2.45, 2.75) is 68.3 Å². The zero-order chi connectivity index (χ0) is 31.9. The van der Waals surface area contributed by atoms with E-state index in [-0.39, 0.29) is 41.2 Å². The monoisotopic (exact) mass is 674 g/mol. The highest BCUT2D eigenvalue weighted by Crippen LogP contribution is 2.59. The van der Waals surface area contributed by atoms with Gasteiger partial charge in [0.25, 0.3) is 0 Å². The van der Waals surface area contributed by atoms with E-state index in [1.165, 1.54) is 0 Å². The molecule has 0 amide bonds. The van der Waals surface area contributed by atoms with E-state index in [0.717, 1.165) is 25.7 Å². The summed E-state index contributed by atoms with van der Waals surface area (Å²) >= 11 is -1.02. The van der Waals surface area contributed by atoms with E-state index < -0.39 is 71.1 Å². The number of halogens is 4. The van der Waals surface area contributed by atoms with E-state index in [2.05, 4.69) is 23.5 Å². The molecule has 0 aromatic carbocycles. The summed E-state index contributed by atoms with van der Waals surface area (Å²) < 4.78 is 69.7. The average molecular weight is 675 g/mol. The Morgan fingerprint density at radius 2 is 1.32 bits per heavy atom. The number of carbonyl (C=O) groups is 4. The first kappa shape index (κ1) is 33.8. The van der Waals surface area contributed by atoms with Crippen molar-refractivity contribution >= 4 is 47.6 Å². The molecule has 0 aliphatic heterocycles. The number of alkyl halides is 4. The summed E-state index contributed by atoms with van der Waals surface area (Å²) in [7, 11) is 0. The van der Waals surface area contributed by atoms with Crippen molar-refractivity contribution in [3.63, 3.8) is 0 Å². The summed E-state index contributed by atoms with van der Waals surface area (Å²) in [5, 5.41) is 17.6. The number of rotatable bonds is 12. The van der Waals surface area contributed by atoms with Crippen LogP contribution in [0.5, 0.6) is 0 Å². The number of Topliss-reactive ketones (excluding diaryl/α,β-unsaturated/α-hetero) is 2. The first-order chi connectivity index (χ1) is 20.8. The van der Waals surface area contributed by atoms with Crippen LogP contribution in [0.4, 0.5) is 17.6 Å². The van der Waals surface area contributed by atoms with E-state index >= 15 is 0 Å². The summed E-state index contributed by atoms with van der Waals surface area (Å²) in [5.41, 5.74) is -0.805. The lowest BCUT2D eigenvalue weighted by Crippen LogP contribution is -2.55. The second-order valence-corrected chi connectivity index (χ2v) is 14.5. The Bertz CT molecular complexity index is 1110. The van der Waals surface area contributed by atoms with Gasteiger partial charge in [-0.3, -0.25) is 29.3 Å². The molecule has 0 N–H and O–H groups in total. The van der Waals surface area contributed by atoms with Gasteiger partial charge in [0.1, 0.15) is 35.7 Å². The molecule has 0 spiro atoms. The lowest BCUT2D eigenvalue weighted by molar-refractivity contribution is -0.777. The highest BCUT2D eigenvalue weighted by atomic mass is 32.2. The quantitative estimate of drug-likeness (QED) is 0.0973. The van der Waals surface area contributed by atoms with Crippen molar-refractivity contribution in [1.29, 1.82) is 0 Å². The third-order valence-corrected chi connectivity index (χ3v) is 10.9. The van der Waals surface area contributed by atoms with Crippen LogP contribution in [0.1, 0.15) is 57.8 Å². The molecule has 0 saturated heterocycles. The molecular formula is C26H30F4O12S2-2. The Labute approximate surface area is 257 Å². The number of carbonyl (C=O) groups excluding carboxylic acids is 4. The van der Waals surface area contributed by atoms with Crippen LogP contribution in [0, 0.1) is 52.8 Å². The molecular weight excluding hydrogens is 644 g/mol. The molecule has 8 bridgehead atoms. The molecule has 18 heteroatoms. The van der Waals surface area contributed by atoms with Crippen LogP contribution in [0.3, 0.4) is 0 Å². The van der Waals surface area contributed by atoms with E-state index in [1.54, 1.807) is 0 Å². The third-order valence-electron chi connectivity index (χ3n) is 9.96. The van der Waals surface area contributed by atoms with Crippen molar-refractivity contribution < 1.29 is 75.5 Å². The van der Waals surface area contributed by atoms with E-state index in [1.807, 2.05) is 0 Å². The minimum absolute atomic E-state index is 0.0335. The summed E-state index contributed by atoms with van der Waals surface area (Å²) in [6.07, 6.45) is 6.06. The molecule has 0 aromatic rings. The van der Waals surface area contributed by atoms with Gasteiger partial charge in [-0.05, 0) is 75.5 Å². The van der Waals surface area contributed by atoms with Gasteiger partial charge in [-0.15, -0.1) is 0 Å². The number of hydrogen-bond donors (Lipinski definition) is 0. The molecule has 12 nitrogen and oxygen atoms in total. The van der Waals surface area contributed by atoms with Crippen LogP contribution in [-0.4, -0.2) is 47.2 Å². The molecule has 44 heavy (non-hydrogen) atoms. The molecule has 248 valence electrons. The molecule has 0 heterocycles. The maximum Gasteiger partial charge on any atom is 0.354 e. The molecule has 0 radical (unpaired) electrons. The normalized spacial score (nSPS) is 36.7. The maximum atomic E-state index is 13.3. The molecule has 8 aliphatic carbocycles. The lowest BCUT2D eigenvalue weighted by atomic mass is 9.49. The second kappa shape index (κ2) is 13.3. The molecule has 8 saturated carbocycles. The van der Waals surface area contributed by atoms with Crippen molar-refractivity contribution in [3.05, 3.63) is 0 Å². The number of ketones is 2. The van der Waals surface area contributed by atoms with Gasteiger partial charge in [0.05, 0.1) is 11.3 Å². The van der Waals surface area contributed by atoms with Gasteiger partial charge in [-0.1, -0.05) is 0 Å². The molecule has 0 aromatic heterocycles. The smallest absolute Gasteiger partial charge is 0.354 e. The standard InChI is InChI=1S/2C13H16F2O6S/c14-13(15,22-21-20-18)6-19-11(17)12-3-7-1-8(4-12)10(16)9(2-7)5-12;14-13(15,22-21-20-18)5-19-12(17)10-7-1-6-2-8(4-7)11(16)9(10)3-6/h7-9,18H,1-6H2;6-10,18H,1-5H2/p-2. The highest BCUT2D eigenvalue weighted by Gasteiger charge is 2.59. The molecule has 7 unspecified atom stereocenters. The van der Waals surface area contributed by atoms with Crippen molar-refractivity contribution in [3.8, 4) is 0 Å². The van der Waals surface area contributed by atoms with Crippen molar-refractivity contribution in [2.75, 3.05) is 13.2 Å². The van der Waals surface area contributed by atoms with Crippen LogP contribution < -0.4 is 10.5 Å². The molecule has 8 aliphatic rings. The van der Waals surface area contributed by atoms with Gasteiger partial charge >= 0.3 is 22.4 Å². The fourth-order valence-electron chi connectivity index (χ4n) is 8.72. The SMILES string of the molecule is O=C1C2CC3CC(C2)C(C(=O)OCC(F)(F)SOO[O-])C1C3.O=C1C2CC3CC1CC(C(=O)OCC(F)(F)SOO[O-])(C3)C2.